The summed E-state index contributed by atoms with van der Waals surface area (Å²) in [7, 11) is 2.09. The van der Waals surface area contributed by atoms with E-state index in [1.807, 2.05) is 18.2 Å². The van der Waals surface area contributed by atoms with E-state index in [1.54, 1.807) is 0 Å². The second kappa shape index (κ2) is 5.71. The normalized spacial score (nSPS) is 21.4. The number of benzene rings is 1. The Bertz CT molecular complexity index is 367. The Hall–Kier alpha value is -0.780. The summed E-state index contributed by atoms with van der Waals surface area (Å²) in [5, 5.41) is 0. The summed E-state index contributed by atoms with van der Waals surface area (Å²) in [6, 6.07) is 5.57. The number of anilines is 1. The average molecular weight is 301 g/mol. The Morgan fingerprint density at radius 1 is 1.53 bits per heavy atom. The molecule has 0 spiro atoms. The Labute approximate surface area is 110 Å². The maximum atomic E-state index is 5.74. The molecule has 4 nitrogen and oxygen atoms in total. The monoisotopic (exact) mass is 300 g/mol. The lowest BCUT2D eigenvalue weighted by Crippen LogP contribution is -2.42. The molecule has 0 aliphatic carbocycles. The number of halogens is 1. The molecule has 1 aliphatic rings. The summed E-state index contributed by atoms with van der Waals surface area (Å²) in [6.45, 7) is 3.22. The van der Waals surface area contributed by atoms with Crippen molar-refractivity contribution in [3.8, 4) is 5.75 Å². The van der Waals surface area contributed by atoms with E-state index in [2.05, 4.69) is 27.9 Å². The highest BCUT2D eigenvalue weighted by Gasteiger charge is 2.18. The van der Waals surface area contributed by atoms with Crippen LogP contribution in [0, 0.1) is 0 Å². The second-order valence-electron chi connectivity index (χ2n) is 4.29. The molecule has 1 saturated heterocycles. The minimum absolute atomic E-state index is 0.133. The topological polar surface area (TPSA) is 47.7 Å². The van der Waals surface area contributed by atoms with Crippen LogP contribution in [0.3, 0.4) is 0 Å². The summed E-state index contributed by atoms with van der Waals surface area (Å²) in [6.07, 6.45) is 0.133. The van der Waals surface area contributed by atoms with Gasteiger partial charge in [-0.05, 0) is 19.2 Å². The van der Waals surface area contributed by atoms with Crippen LogP contribution in [0.15, 0.2) is 22.7 Å². The first-order valence-electron chi connectivity index (χ1n) is 5.62. The van der Waals surface area contributed by atoms with Gasteiger partial charge in [-0.15, -0.1) is 0 Å². The summed E-state index contributed by atoms with van der Waals surface area (Å²) in [5.41, 5.74) is 6.43. The quantitative estimate of drug-likeness (QED) is 0.864. The van der Waals surface area contributed by atoms with Gasteiger partial charge in [0.15, 0.2) is 0 Å². The first-order valence-corrected chi connectivity index (χ1v) is 6.42. The summed E-state index contributed by atoms with van der Waals surface area (Å²) in [4.78, 5) is 2.24. The highest BCUT2D eigenvalue weighted by atomic mass is 79.9. The molecule has 0 aromatic heterocycles. The number of nitrogen functional groups attached to an aromatic ring is 1. The third-order valence-corrected chi connectivity index (χ3v) is 3.13. The van der Waals surface area contributed by atoms with Gasteiger partial charge in [0.05, 0.1) is 6.61 Å². The molecule has 0 amide bonds. The maximum absolute atomic E-state index is 5.74. The van der Waals surface area contributed by atoms with Gasteiger partial charge in [0.2, 0.25) is 0 Å². The lowest BCUT2D eigenvalue weighted by Gasteiger charge is -2.29. The van der Waals surface area contributed by atoms with Gasteiger partial charge in [-0.1, -0.05) is 15.9 Å². The van der Waals surface area contributed by atoms with Gasteiger partial charge < -0.3 is 20.1 Å². The molecule has 17 heavy (non-hydrogen) atoms. The van der Waals surface area contributed by atoms with E-state index in [9.17, 15) is 0 Å². The highest BCUT2D eigenvalue weighted by Crippen LogP contribution is 2.23. The van der Waals surface area contributed by atoms with E-state index < -0.39 is 0 Å². The number of morpholine rings is 1. The van der Waals surface area contributed by atoms with E-state index in [0.29, 0.717) is 12.3 Å². The Morgan fingerprint density at radius 2 is 2.35 bits per heavy atom. The molecule has 2 N–H and O–H groups in total. The van der Waals surface area contributed by atoms with Crippen LogP contribution in [0.2, 0.25) is 0 Å². The molecule has 0 radical (unpaired) electrons. The first kappa shape index (κ1) is 12.7. The molecule has 5 heteroatoms. The Balaban J connectivity index is 1.88. The summed E-state index contributed by atoms with van der Waals surface area (Å²) in [5.74, 6) is 0.772. The smallest absolute Gasteiger partial charge is 0.122 e. The Morgan fingerprint density at radius 3 is 3.06 bits per heavy atom. The van der Waals surface area contributed by atoms with Gasteiger partial charge in [-0.3, -0.25) is 0 Å². The van der Waals surface area contributed by atoms with Gasteiger partial charge in [-0.25, -0.2) is 0 Å². The van der Waals surface area contributed by atoms with Crippen LogP contribution < -0.4 is 10.5 Å². The molecule has 1 unspecified atom stereocenters. The van der Waals surface area contributed by atoms with E-state index in [4.69, 9.17) is 15.2 Å². The van der Waals surface area contributed by atoms with Crippen molar-refractivity contribution in [3.05, 3.63) is 22.7 Å². The number of likely N-dealkylation sites (N-methyl/N-ethyl adjacent to an activating group) is 1. The Kier molecular flexibility index (Phi) is 4.25. The zero-order chi connectivity index (χ0) is 12.3. The zero-order valence-corrected chi connectivity index (χ0v) is 11.4. The van der Waals surface area contributed by atoms with Crippen molar-refractivity contribution in [2.45, 2.75) is 6.10 Å². The minimum atomic E-state index is 0.133. The molecule has 0 saturated carbocycles. The molecule has 1 heterocycles. The van der Waals surface area contributed by atoms with Crippen molar-refractivity contribution in [1.82, 2.24) is 4.90 Å². The van der Waals surface area contributed by atoms with Crippen LogP contribution >= 0.6 is 15.9 Å². The third kappa shape index (κ3) is 3.87. The molecule has 0 bridgehead atoms. The largest absolute Gasteiger partial charge is 0.491 e. The van der Waals surface area contributed by atoms with Crippen molar-refractivity contribution in [3.63, 3.8) is 0 Å². The lowest BCUT2D eigenvalue weighted by atomic mass is 10.3. The summed E-state index contributed by atoms with van der Waals surface area (Å²) < 4.78 is 12.2. The lowest BCUT2D eigenvalue weighted by molar-refractivity contribution is -0.0403. The van der Waals surface area contributed by atoms with Crippen molar-refractivity contribution in [2.24, 2.45) is 0 Å². The molecule has 1 fully saturated rings. The molecular formula is C12H17BrN2O2. The second-order valence-corrected chi connectivity index (χ2v) is 5.20. The van der Waals surface area contributed by atoms with Crippen LogP contribution in [-0.2, 0) is 4.74 Å². The van der Waals surface area contributed by atoms with Crippen LogP contribution in [-0.4, -0.2) is 44.4 Å². The number of hydrogen-bond acceptors (Lipinski definition) is 4. The molecule has 1 aliphatic heterocycles. The van der Waals surface area contributed by atoms with Gasteiger partial charge in [0.25, 0.3) is 0 Å². The third-order valence-electron chi connectivity index (χ3n) is 2.67. The van der Waals surface area contributed by atoms with Crippen molar-refractivity contribution in [1.29, 1.82) is 0 Å². The number of nitrogens with two attached hydrogens (primary N) is 1. The van der Waals surface area contributed by atoms with E-state index >= 15 is 0 Å². The molecule has 2 rings (SSSR count). The van der Waals surface area contributed by atoms with E-state index in [1.165, 1.54) is 0 Å². The number of rotatable bonds is 3. The van der Waals surface area contributed by atoms with Crippen LogP contribution in [0.25, 0.3) is 0 Å². The van der Waals surface area contributed by atoms with Crippen molar-refractivity contribution < 1.29 is 9.47 Å². The average Bonchev–Trinajstić information content (AvgIpc) is 2.25. The first-order chi connectivity index (χ1) is 8.13. The number of nitrogens with zero attached hydrogens (tertiary/aromatic N) is 1. The standard InChI is InChI=1S/C12H17BrN2O2/c1-15-2-3-16-12(7-15)8-17-11-5-9(13)4-10(14)6-11/h4-6,12H,2-3,7-8,14H2,1H3. The fourth-order valence-electron chi connectivity index (χ4n) is 1.82. The molecule has 1 aromatic carbocycles. The molecule has 94 valence electrons. The van der Waals surface area contributed by atoms with Gasteiger partial charge >= 0.3 is 0 Å². The predicted molar refractivity (Wildman–Crippen MR) is 71.3 cm³/mol. The van der Waals surface area contributed by atoms with Crippen LogP contribution in [0.5, 0.6) is 5.75 Å². The van der Waals surface area contributed by atoms with Crippen LogP contribution in [0.4, 0.5) is 5.69 Å². The predicted octanol–water partition coefficient (Wildman–Crippen LogP) is 1.74. The number of hydrogen-bond donors (Lipinski definition) is 1. The van der Waals surface area contributed by atoms with Gasteiger partial charge in [0.1, 0.15) is 18.5 Å². The van der Waals surface area contributed by atoms with Gasteiger partial charge in [0, 0.05) is 29.3 Å². The minimum Gasteiger partial charge on any atom is -0.491 e. The fraction of sp³-hybridized carbons (Fsp3) is 0.500. The van der Waals surface area contributed by atoms with E-state index in [-0.39, 0.29) is 6.10 Å². The van der Waals surface area contributed by atoms with Gasteiger partial charge in [-0.2, -0.15) is 0 Å². The zero-order valence-electron chi connectivity index (χ0n) is 9.86. The molecular weight excluding hydrogens is 284 g/mol. The molecule has 1 aromatic rings. The van der Waals surface area contributed by atoms with Crippen LogP contribution in [0.1, 0.15) is 0 Å². The highest BCUT2D eigenvalue weighted by molar-refractivity contribution is 9.10. The summed E-state index contributed by atoms with van der Waals surface area (Å²) >= 11 is 3.39. The van der Waals surface area contributed by atoms with Crippen molar-refractivity contribution in [2.75, 3.05) is 39.1 Å². The SMILES string of the molecule is CN1CCOC(COc2cc(N)cc(Br)c2)C1. The number of ether oxygens (including phenoxy) is 2. The maximum Gasteiger partial charge on any atom is 0.122 e. The fourth-order valence-corrected chi connectivity index (χ4v) is 2.31. The van der Waals surface area contributed by atoms with E-state index in [0.717, 1.165) is 29.9 Å². The van der Waals surface area contributed by atoms with Crippen molar-refractivity contribution >= 4 is 21.6 Å². The molecule has 1 atom stereocenters.